The van der Waals surface area contributed by atoms with Gasteiger partial charge in [0.25, 0.3) is 0 Å². The normalized spacial score (nSPS) is 3.43. The third kappa shape index (κ3) is 176. The maximum atomic E-state index is 8.56. The molecule has 6 heteroatoms. The zero-order chi connectivity index (χ0) is 3.58. The fourth-order valence-corrected chi connectivity index (χ4v) is 0. The van der Waals surface area contributed by atoms with Gasteiger partial charge in [0.1, 0.15) is 0 Å². The molecular weight excluding hydrogens is 123 g/mol. The van der Waals surface area contributed by atoms with Crippen LogP contribution < -0.4 is 0 Å². The quantitative estimate of drug-likeness (QED) is 0.366. The molecule has 0 aromatic rings. The molecule has 0 saturated heterocycles. The number of carboxylic acid groups (broad SMARTS) is 2. The minimum atomic E-state index is -1.83. The summed E-state index contributed by atoms with van der Waals surface area (Å²) < 4.78 is 0. The molecule has 0 amide bonds. The molecule has 0 radical (unpaired) electrons. The number of hydrogen-bond acceptors (Lipinski definition) is 1. The topological polar surface area (TPSA) is 89.0 Å². The third-order valence-corrected chi connectivity index (χ3v) is 0. The predicted molar refractivity (Wildman–Crippen MR) is 30.0 cm³/mol. The maximum absolute atomic E-state index is 8.56. The Hall–Kier alpha value is 0.996. The van der Waals surface area contributed by atoms with Gasteiger partial charge in [0.05, 0.1) is 0 Å². The summed E-state index contributed by atoms with van der Waals surface area (Å²) in [4.78, 5) is 8.56. The second-order valence-electron chi connectivity index (χ2n) is 0.283. The summed E-state index contributed by atoms with van der Waals surface area (Å²) in [5.41, 5.74) is 0. The Bertz CT molecular complexity index is 34.7. The Morgan fingerprint density at radius 2 is 1.29 bits per heavy atom. The van der Waals surface area contributed by atoms with Gasteiger partial charge in [-0.3, -0.25) is 0 Å². The van der Waals surface area contributed by atoms with Crippen molar-refractivity contribution in [1.82, 2.24) is 0 Å². The van der Waals surface area contributed by atoms with E-state index in [1.54, 1.807) is 0 Å². The summed E-state index contributed by atoms with van der Waals surface area (Å²) in [6.45, 7) is 0. The fraction of sp³-hybridized carbons (Fsp3) is 0. The van der Waals surface area contributed by atoms with Gasteiger partial charge in [-0.1, -0.05) is 0 Å². The van der Waals surface area contributed by atoms with Gasteiger partial charge in [-0.05, 0) is 0 Å². The Labute approximate surface area is 78.7 Å². The van der Waals surface area contributed by atoms with E-state index in [9.17, 15) is 0 Å². The first-order valence-corrected chi connectivity index (χ1v) is 0.651. The first kappa shape index (κ1) is 24.5. The molecule has 0 rings (SSSR count). The molecule has 4 N–H and O–H groups in total. The second-order valence-corrected chi connectivity index (χ2v) is 0.283. The number of rotatable bonds is 0. The van der Waals surface area contributed by atoms with Crippen molar-refractivity contribution < 1.29 is 20.5 Å². The van der Waals surface area contributed by atoms with Crippen LogP contribution in [0, 0.1) is 0 Å². The van der Waals surface area contributed by atoms with Crippen LogP contribution in [0.15, 0.2) is 0 Å². The van der Waals surface area contributed by atoms with Crippen LogP contribution in [0.1, 0.15) is 0 Å². The molecule has 0 aromatic heterocycles. The van der Waals surface area contributed by atoms with E-state index < -0.39 is 6.16 Å². The van der Waals surface area contributed by atoms with Crippen molar-refractivity contribution >= 4 is 58.8 Å². The van der Waals surface area contributed by atoms with Crippen LogP contribution in [0.2, 0.25) is 0 Å². The average Bonchev–Trinajstić information content (AvgIpc) is 0.811. The SMILES string of the molecule is O.O=C(O)O.[MgH2].[NaH]. The number of hydrogen-bond donors (Lipinski definition) is 2. The molecule has 0 saturated carbocycles. The minimum absolute atomic E-state index is 0. The standard InChI is InChI=1S/CH2O3.Mg.Na.H2O.3H/c2-1(3)4;;;;;;/h(H2,2,3,4);;;1H2;;;. The Kier molecular flexibility index (Phi) is 55.1. The van der Waals surface area contributed by atoms with Crippen LogP contribution in [-0.2, 0) is 0 Å². The monoisotopic (exact) mass is 130 g/mol. The molecule has 0 aliphatic rings. The molecule has 0 spiro atoms. The summed E-state index contributed by atoms with van der Waals surface area (Å²) >= 11 is 0. The van der Waals surface area contributed by atoms with Crippen molar-refractivity contribution in [1.29, 1.82) is 0 Å². The van der Waals surface area contributed by atoms with Crippen molar-refractivity contribution in [2.75, 3.05) is 0 Å². The molecule has 0 aliphatic heterocycles. The van der Waals surface area contributed by atoms with Crippen LogP contribution in [0.4, 0.5) is 4.79 Å². The van der Waals surface area contributed by atoms with E-state index >= 15 is 0 Å². The van der Waals surface area contributed by atoms with Crippen LogP contribution >= 0.6 is 0 Å². The van der Waals surface area contributed by atoms with Crippen molar-refractivity contribution in [3.63, 3.8) is 0 Å². The van der Waals surface area contributed by atoms with Gasteiger partial charge in [0.15, 0.2) is 0 Å². The summed E-state index contributed by atoms with van der Waals surface area (Å²) in [5, 5.41) is 13.9. The average molecular weight is 130 g/mol. The van der Waals surface area contributed by atoms with Crippen LogP contribution in [0.25, 0.3) is 0 Å². The summed E-state index contributed by atoms with van der Waals surface area (Å²) in [5.74, 6) is 0. The van der Waals surface area contributed by atoms with Gasteiger partial charge in [-0.2, -0.15) is 0 Å². The molecule has 0 unspecified atom stereocenters. The van der Waals surface area contributed by atoms with Gasteiger partial charge in [0.2, 0.25) is 0 Å². The van der Waals surface area contributed by atoms with Crippen LogP contribution in [0.3, 0.4) is 0 Å². The van der Waals surface area contributed by atoms with E-state index in [1.807, 2.05) is 0 Å². The van der Waals surface area contributed by atoms with Crippen LogP contribution in [-0.4, -0.2) is 74.5 Å². The van der Waals surface area contributed by atoms with Crippen molar-refractivity contribution in [3.05, 3.63) is 0 Å². The molecule has 4 nitrogen and oxygen atoms in total. The summed E-state index contributed by atoms with van der Waals surface area (Å²) in [6.07, 6.45) is -1.83. The third-order valence-electron chi connectivity index (χ3n) is 0. The summed E-state index contributed by atoms with van der Waals surface area (Å²) in [7, 11) is 0. The molecule has 0 aliphatic carbocycles. The van der Waals surface area contributed by atoms with Crippen LogP contribution in [0.5, 0.6) is 0 Å². The molecule has 38 valence electrons. The van der Waals surface area contributed by atoms with E-state index in [1.165, 1.54) is 0 Å². The van der Waals surface area contributed by atoms with Crippen molar-refractivity contribution in [3.8, 4) is 0 Å². The van der Waals surface area contributed by atoms with Gasteiger partial charge < -0.3 is 15.7 Å². The molecule has 0 aromatic carbocycles. The van der Waals surface area contributed by atoms with Gasteiger partial charge in [-0.15, -0.1) is 0 Å². The van der Waals surface area contributed by atoms with Gasteiger partial charge in [-0.25, -0.2) is 4.79 Å². The Morgan fingerprint density at radius 3 is 1.29 bits per heavy atom. The predicted octanol–water partition coefficient (Wildman–Crippen LogP) is -2.17. The summed E-state index contributed by atoms with van der Waals surface area (Å²) in [6, 6.07) is 0. The fourth-order valence-electron chi connectivity index (χ4n) is 0. The van der Waals surface area contributed by atoms with E-state index in [0.717, 1.165) is 0 Å². The van der Waals surface area contributed by atoms with E-state index in [0.29, 0.717) is 0 Å². The van der Waals surface area contributed by atoms with E-state index in [2.05, 4.69) is 0 Å². The number of carbonyl (C=O) groups is 1. The van der Waals surface area contributed by atoms with Crippen molar-refractivity contribution in [2.45, 2.75) is 0 Å². The molecule has 7 heavy (non-hydrogen) atoms. The molecule has 0 heterocycles. The molecule has 0 fully saturated rings. The van der Waals surface area contributed by atoms with Gasteiger partial charge in [0, 0.05) is 0 Å². The van der Waals surface area contributed by atoms with E-state index in [-0.39, 0.29) is 58.1 Å². The van der Waals surface area contributed by atoms with E-state index in [4.69, 9.17) is 15.0 Å². The molecular formula is CH7MgNaO4. The van der Waals surface area contributed by atoms with Crippen molar-refractivity contribution in [2.24, 2.45) is 0 Å². The Balaban J connectivity index is -0.0000000150. The molecule has 0 atom stereocenters. The second kappa shape index (κ2) is 15.8. The first-order valence-electron chi connectivity index (χ1n) is 0.651. The zero-order valence-corrected chi connectivity index (χ0v) is 2.30. The molecule has 0 bridgehead atoms. The van der Waals surface area contributed by atoms with Gasteiger partial charge >= 0.3 is 58.8 Å². The zero-order valence-electron chi connectivity index (χ0n) is 2.30. The Morgan fingerprint density at radius 1 is 1.29 bits per heavy atom. The first-order chi connectivity index (χ1) is 1.73.